The summed E-state index contributed by atoms with van der Waals surface area (Å²) in [6, 6.07) is 11.3. The van der Waals surface area contributed by atoms with Crippen molar-refractivity contribution in [2.45, 2.75) is 33.7 Å². The molecule has 0 saturated heterocycles. The van der Waals surface area contributed by atoms with Gasteiger partial charge in [0, 0.05) is 25.4 Å². The van der Waals surface area contributed by atoms with Crippen LogP contribution in [0.4, 0.5) is 5.69 Å². The summed E-state index contributed by atoms with van der Waals surface area (Å²) in [6.45, 7) is 9.14. The van der Waals surface area contributed by atoms with Crippen LogP contribution in [0.2, 0.25) is 5.02 Å². The first-order chi connectivity index (χ1) is 14.5. The molecule has 0 aliphatic rings. The van der Waals surface area contributed by atoms with Gasteiger partial charge in [0.2, 0.25) is 0 Å². The van der Waals surface area contributed by atoms with Crippen molar-refractivity contribution >= 4 is 23.2 Å². The molecule has 0 bridgehead atoms. The molecule has 7 heteroatoms. The molecule has 0 aromatic heterocycles. The van der Waals surface area contributed by atoms with Crippen LogP contribution in [0.3, 0.4) is 0 Å². The fourth-order valence-electron chi connectivity index (χ4n) is 2.77. The van der Waals surface area contributed by atoms with Gasteiger partial charge in [-0.2, -0.15) is 0 Å². The molecule has 2 aromatic carbocycles. The second-order valence-electron chi connectivity index (χ2n) is 6.77. The number of anilines is 1. The van der Waals surface area contributed by atoms with Gasteiger partial charge in [0.1, 0.15) is 0 Å². The molecule has 0 aliphatic carbocycles. The van der Waals surface area contributed by atoms with E-state index in [2.05, 4.69) is 10.6 Å². The number of nitrogens with one attached hydrogen (secondary N) is 2. The van der Waals surface area contributed by atoms with Gasteiger partial charge in [-0.1, -0.05) is 29.3 Å². The molecule has 0 spiro atoms. The number of aryl methyl sites for hydroxylation is 1. The lowest BCUT2D eigenvalue weighted by molar-refractivity contribution is -0.118. The second kappa shape index (κ2) is 13.1. The minimum Gasteiger partial charge on any atom is -0.490 e. The van der Waals surface area contributed by atoms with Crippen LogP contribution in [0.15, 0.2) is 36.4 Å². The fraction of sp³-hybridized carbons (Fsp3) is 0.435. The number of carbonyl (C=O) groups is 1. The van der Waals surface area contributed by atoms with Crippen LogP contribution in [0.5, 0.6) is 11.5 Å². The van der Waals surface area contributed by atoms with Gasteiger partial charge >= 0.3 is 0 Å². The maximum atomic E-state index is 12.2. The highest BCUT2D eigenvalue weighted by atomic mass is 35.5. The summed E-state index contributed by atoms with van der Waals surface area (Å²) >= 11 is 6.43. The molecule has 0 radical (unpaired) electrons. The van der Waals surface area contributed by atoms with E-state index in [1.807, 2.05) is 57.2 Å². The average Bonchev–Trinajstić information content (AvgIpc) is 2.72. The largest absolute Gasteiger partial charge is 0.490 e. The molecular formula is C23H31ClN2O4. The third kappa shape index (κ3) is 8.22. The predicted octanol–water partition coefficient (Wildman–Crippen LogP) is 4.58. The molecule has 0 atom stereocenters. The molecule has 0 aliphatic heterocycles. The molecule has 0 unspecified atom stereocenters. The standard InChI is InChI=1S/C23H31ClN2O4/c1-4-28-12-6-11-25-15-18-13-20(24)23(21(14-18)29-5-2)30-16-22(27)26-19-9-7-17(3)8-10-19/h7-10,13-14,25H,4-6,11-12,15-16H2,1-3H3,(H,26,27). The third-order valence-corrected chi connectivity index (χ3v) is 4.51. The Morgan fingerprint density at radius 1 is 1.07 bits per heavy atom. The van der Waals surface area contributed by atoms with Crippen molar-refractivity contribution in [1.82, 2.24) is 5.32 Å². The van der Waals surface area contributed by atoms with Gasteiger partial charge in [0.15, 0.2) is 18.1 Å². The summed E-state index contributed by atoms with van der Waals surface area (Å²) in [7, 11) is 0. The molecule has 6 nitrogen and oxygen atoms in total. The topological polar surface area (TPSA) is 68.8 Å². The van der Waals surface area contributed by atoms with Crippen molar-refractivity contribution in [2.75, 3.05) is 38.3 Å². The molecule has 2 N–H and O–H groups in total. The van der Waals surface area contributed by atoms with Crippen LogP contribution in [-0.4, -0.2) is 38.9 Å². The number of ether oxygens (including phenoxy) is 3. The summed E-state index contributed by atoms with van der Waals surface area (Å²) in [5.74, 6) is 0.634. The molecule has 1 amide bonds. The number of halogens is 1. The zero-order valence-electron chi connectivity index (χ0n) is 17.9. The molecule has 2 rings (SSSR count). The first-order valence-electron chi connectivity index (χ1n) is 10.3. The van der Waals surface area contributed by atoms with Crippen molar-refractivity contribution in [2.24, 2.45) is 0 Å². The molecule has 0 saturated carbocycles. The van der Waals surface area contributed by atoms with Crippen molar-refractivity contribution in [3.63, 3.8) is 0 Å². The van der Waals surface area contributed by atoms with Gasteiger partial charge in [-0.3, -0.25) is 4.79 Å². The average molecular weight is 435 g/mol. The van der Waals surface area contributed by atoms with Gasteiger partial charge in [0.25, 0.3) is 5.91 Å². The van der Waals surface area contributed by atoms with E-state index in [0.717, 1.165) is 43.0 Å². The molecule has 0 fully saturated rings. The Morgan fingerprint density at radius 3 is 2.53 bits per heavy atom. The maximum absolute atomic E-state index is 12.2. The number of hydrogen-bond acceptors (Lipinski definition) is 5. The van der Waals surface area contributed by atoms with E-state index in [0.29, 0.717) is 29.7 Å². The van der Waals surface area contributed by atoms with E-state index >= 15 is 0 Å². The highest BCUT2D eigenvalue weighted by Gasteiger charge is 2.14. The quantitative estimate of drug-likeness (QED) is 0.451. The Bertz CT molecular complexity index is 797. The highest BCUT2D eigenvalue weighted by molar-refractivity contribution is 6.32. The lowest BCUT2D eigenvalue weighted by Gasteiger charge is -2.15. The SMILES string of the molecule is CCOCCCNCc1cc(Cl)c(OCC(=O)Nc2ccc(C)cc2)c(OCC)c1. The van der Waals surface area contributed by atoms with Crippen molar-refractivity contribution in [3.8, 4) is 11.5 Å². The second-order valence-corrected chi connectivity index (χ2v) is 7.18. The minimum absolute atomic E-state index is 0.164. The van der Waals surface area contributed by atoms with E-state index < -0.39 is 0 Å². The van der Waals surface area contributed by atoms with Crippen LogP contribution in [0.25, 0.3) is 0 Å². The first-order valence-corrected chi connectivity index (χ1v) is 10.6. The van der Waals surface area contributed by atoms with Gasteiger partial charge in [-0.05, 0) is 63.6 Å². The number of rotatable bonds is 13. The number of carbonyl (C=O) groups excluding carboxylic acids is 1. The summed E-state index contributed by atoms with van der Waals surface area (Å²) in [5.41, 5.74) is 2.83. The number of hydrogen-bond donors (Lipinski definition) is 2. The molecular weight excluding hydrogens is 404 g/mol. The van der Waals surface area contributed by atoms with Crippen LogP contribution in [0, 0.1) is 6.92 Å². The van der Waals surface area contributed by atoms with E-state index in [-0.39, 0.29) is 12.5 Å². The summed E-state index contributed by atoms with van der Waals surface area (Å²) < 4.78 is 16.7. The van der Waals surface area contributed by atoms with E-state index in [4.69, 9.17) is 25.8 Å². The Hall–Kier alpha value is -2.28. The van der Waals surface area contributed by atoms with Crippen molar-refractivity contribution < 1.29 is 19.0 Å². The molecule has 164 valence electrons. The van der Waals surface area contributed by atoms with Gasteiger partial charge in [-0.25, -0.2) is 0 Å². The van der Waals surface area contributed by atoms with E-state index in [9.17, 15) is 4.79 Å². The third-order valence-electron chi connectivity index (χ3n) is 4.23. The zero-order chi connectivity index (χ0) is 21.8. The first kappa shape index (κ1) is 24.0. The number of benzene rings is 2. The molecule has 30 heavy (non-hydrogen) atoms. The Kier molecular flexibility index (Phi) is 10.5. The summed E-state index contributed by atoms with van der Waals surface area (Å²) in [6.07, 6.45) is 0.942. The Labute approximate surface area is 183 Å². The van der Waals surface area contributed by atoms with Crippen LogP contribution in [-0.2, 0) is 16.1 Å². The number of amides is 1. The summed E-state index contributed by atoms with van der Waals surface area (Å²) in [4.78, 5) is 12.2. The van der Waals surface area contributed by atoms with Crippen LogP contribution < -0.4 is 20.1 Å². The summed E-state index contributed by atoms with van der Waals surface area (Å²) in [5, 5.41) is 6.57. The van der Waals surface area contributed by atoms with E-state index in [1.165, 1.54) is 0 Å². The highest BCUT2D eigenvalue weighted by Crippen LogP contribution is 2.36. The van der Waals surface area contributed by atoms with Gasteiger partial charge < -0.3 is 24.8 Å². The van der Waals surface area contributed by atoms with Gasteiger partial charge in [-0.15, -0.1) is 0 Å². The Balaban J connectivity index is 1.93. The Morgan fingerprint density at radius 2 is 1.83 bits per heavy atom. The minimum atomic E-state index is -0.266. The normalized spacial score (nSPS) is 10.7. The smallest absolute Gasteiger partial charge is 0.262 e. The van der Waals surface area contributed by atoms with Gasteiger partial charge in [0.05, 0.1) is 11.6 Å². The molecule has 2 aromatic rings. The monoisotopic (exact) mass is 434 g/mol. The van der Waals surface area contributed by atoms with Crippen LogP contribution in [0.1, 0.15) is 31.4 Å². The predicted molar refractivity (Wildman–Crippen MR) is 121 cm³/mol. The van der Waals surface area contributed by atoms with E-state index in [1.54, 1.807) is 0 Å². The zero-order valence-corrected chi connectivity index (χ0v) is 18.7. The molecule has 0 heterocycles. The maximum Gasteiger partial charge on any atom is 0.262 e. The van der Waals surface area contributed by atoms with Crippen molar-refractivity contribution in [3.05, 3.63) is 52.5 Å². The van der Waals surface area contributed by atoms with Crippen molar-refractivity contribution in [1.29, 1.82) is 0 Å². The van der Waals surface area contributed by atoms with Crippen LogP contribution >= 0.6 is 11.6 Å². The lowest BCUT2D eigenvalue weighted by atomic mass is 10.2. The fourth-order valence-corrected chi connectivity index (χ4v) is 3.06. The lowest BCUT2D eigenvalue weighted by Crippen LogP contribution is -2.20.